The van der Waals surface area contributed by atoms with E-state index in [2.05, 4.69) is 9.97 Å². The van der Waals surface area contributed by atoms with Crippen molar-refractivity contribution in [2.24, 2.45) is 5.92 Å². The van der Waals surface area contributed by atoms with Crippen LogP contribution in [0, 0.1) is 19.8 Å². The van der Waals surface area contributed by atoms with Gasteiger partial charge in [0.25, 0.3) is 0 Å². The van der Waals surface area contributed by atoms with Gasteiger partial charge in [-0.15, -0.1) is 0 Å². The quantitative estimate of drug-likeness (QED) is 0.320. The normalized spacial score (nSPS) is 15.8. The molecule has 0 N–H and O–H groups in total. The van der Waals surface area contributed by atoms with E-state index in [1.54, 1.807) is 23.4 Å². The molecule has 1 atom stereocenters. The van der Waals surface area contributed by atoms with Crippen LogP contribution in [0.15, 0.2) is 63.4 Å². The SMILES string of the molecule is Cc1ccc(N2C[C@H](C(=O)Oc3coc(CSc4ncccn4)cc3=O)CC2=O)cc1C. The third-order valence-electron chi connectivity index (χ3n) is 5.21. The molecule has 2 aromatic heterocycles. The predicted molar refractivity (Wildman–Crippen MR) is 119 cm³/mol. The molecule has 3 aromatic rings. The second-order valence-corrected chi connectivity index (χ2v) is 8.43. The second-order valence-electron chi connectivity index (χ2n) is 7.49. The second kappa shape index (κ2) is 9.35. The van der Waals surface area contributed by atoms with Crippen molar-refractivity contribution in [2.75, 3.05) is 11.4 Å². The molecule has 0 saturated carbocycles. The lowest BCUT2D eigenvalue weighted by atomic mass is 10.1. The van der Waals surface area contributed by atoms with Crippen LogP contribution in [0.1, 0.15) is 23.3 Å². The molecule has 164 valence electrons. The minimum atomic E-state index is -0.658. The van der Waals surface area contributed by atoms with Crippen LogP contribution in [0.3, 0.4) is 0 Å². The van der Waals surface area contributed by atoms with Gasteiger partial charge in [0.15, 0.2) is 5.16 Å². The Morgan fingerprint density at radius 3 is 2.69 bits per heavy atom. The maximum absolute atomic E-state index is 12.6. The van der Waals surface area contributed by atoms with E-state index < -0.39 is 17.3 Å². The van der Waals surface area contributed by atoms with Crippen LogP contribution in [0.4, 0.5) is 5.69 Å². The number of carbonyl (C=O) groups excluding carboxylic acids is 2. The van der Waals surface area contributed by atoms with E-state index in [0.717, 1.165) is 23.1 Å². The summed E-state index contributed by atoms with van der Waals surface area (Å²) in [6.07, 6.45) is 4.41. The molecule has 1 aliphatic heterocycles. The first kappa shape index (κ1) is 21.8. The van der Waals surface area contributed by atoms with E-state index in [9.17, 15) is 14.4 Å². The molecule has 0 radical (unpaired) electrons. The van der Waals surface area contributed by atoms with Crippen molar-refractivity contribution >= 4 is 29.3 Å². The molecule has 1 aromatic carbocycles. The number of hydrogen-bond donors (Lipinski definition) is 0. The van der Waals surface area contributed by atoms with Gasteiger partial charge in [0.05, 0.1) is 11.7 Å². The van der Waals surface area contributed by atoms with Gasteiger partial charge in [0, 0.05) is 37.1 Å². The van der Waals surface area contributed by atoms with Crippen molar-refractivity contribution in [1.29, 1.82) is 0 Å². The van der Waals surface area contributed by atoms with E-state index in [0.29, 0.717) is 16.7 Å². The summed E-state index contributed by atoms with van der Waals surface area (Å²) in [5, 5.41) is 0.560. The Bertz CT molecular complexity index is 1210. The highest BCUT2D eigenvalue weighted by molar-refractivity contribution is 7.98. The number of aromatic nitrogens is 2. The summed E-state index contributed by atoms with van der Waals surface area (Å²) in [6, 6.07) is 8.72. The van der Waals surface area contributed by atoms with E-state index in [1.165, 1.54) is 17.8 Å². The molecule has 0 aliphatic carbocycles. The van der Waals surface area contributed by atoms with Crippen molar-refractivity contribution < 1.29 is 18.7 Å². The summed E-state index contributed by atoms with van der Waals surface area (Å²) in [6.45, 7) is 4.17. The summed E-state index contributed by atoms with van der Waals surface area (Å²) < 4.78 is 10.7. The van der Waals surface area contributed by atoms with Gasteiger partial charge < -0.3 is 14.1 Å². The third-order valence-corrected chi connectivity index (χ3v) is 6.11. The lowest BCUT2D eigenvalue weighted by Crippen LogP contribution is -2.28. The van der Waals surface area contributed by atoms with Gasteiger partial charge in [-0.05, 0) is 43.2 Å². The first-order chi connectivity index (χ1) is 15.4. The summed E-state index contributed by atoms with van der Waals surface area (Å²) in [5.41, 5.74) is 2.47. The van der Waals surface area contributed by atoms with Gasteiger partial charge in [0.2, 0.25) is 17.1 Å². The lowest BCUT2D eigenvalue weighted by Gasteiger charge is -2.17. The number of benzene rings is 1. The van der Waals surface area contributed by atoms with E-state index in [1.807, 2.05) is 32.0 Å². The fraction of sp³-hybridized carbons (Fsp3) is 0.261. The van der Waals surface area contributed by atoms with Crippen LogP contribution in [0.2, 0.25) is 0 Å². The van der Waals surface area contributed by atoms with E-state index in [4.69, 9.17) is 9.15 Å². The maximum Gasteiger partial charge on any atom is 0.316 e. The summed E-state index contributed by atoms with van der Waals surface area (Å²) in [5.74, 6) is -0.875. The Morgan fingerprint density at radius 1 is 1.19 bits per heavy atom. The number of rotatable bonds is 6. The average molecular weight is 452 g/mol. The minimum Gasteiger partial charge on any atom is -0.464 e. The van der Waals surface area contributed by atoms with Gasteiger partial charge in [-0.3, -0.25) is 14.4 Å². The van der Waals surface area contributed by atoms with Crippen molar-refractivity contribution in [3.63, 3.8) is 0 Å². The topological polar surface area (TPSA) is 103 Å². The number of hydrogen-bond acceptors (Lipinski definition) is 8. The average Bonchev–Trinajstić information content (AvgIpc) is 3.18. The Hall–Kier alpha value is -3.46. The van der Waals surface area contributed by atoms with Gasteiger partial charge in [-0.1, -0.05) is 17.8 Å². The van der Waals surface area contributed by atoms with Crippen LogP contribution in [-0.4, -0.2) is 28.4 Å². The van der Waals surface area contributed by atoms with Crippen LogP contribution >= 0.6 is 11.8 Å². The van der Waals surface area contributed by atoms with Gasteiger partial charge >= 0.3 is 5.97 Å². The molecule has 32 heavy (non-hydrogen) atoms. The molecule has 1 aliphatic rings. The van der Waals surface area contributed by atoms with Crippen molar-refractivity contribution in [3.8, 4) is 5.75 Å². The molecule has 9 heteroatoms. The molecule has 1 fully saturated rings. The molecular formula is C23H21N3O5S. The number of amides is 1. The fourth-order valence-corrected chi connectivity index (χ4v) is 3.98. The highest BCUT2D eigenvalue weighted by atomic mass is 32.2. The molecule has 0 unspecified atom stereocenters. The van der Waals surface area contributed by atoms with E-state index in [-0.39, 0.29) is 24.6 Å². The Labute approximate surface area is 188 Å². The molecular weight excluding hydrogens is 430 g/mol. The summed E-state index contributed by atoms with van der Waals surface area (Å²) in [7, 11) is 0. The standard InChI is InChI=1S/C23H21N3O5S/c1-14-4-5-17(8-15(14)2)26-11-16(9-21(26)28)22(29)31-20-12-30-18(10-19(20)27)13-32-23-24-6-3-7-25-23/h3-8,10,12,16H,9,11,13H2,1-2H3/t16-/m1/s1. The third kappa shape index (κ3) is 4.88. The van der Waals surface area contributed by atoms with Gasteiger partial charge in [-0.25, -0.2) is 9.97 Å². The molecule has 4 rings (SSSR count). The first-order valence-corrected chi connectivity index (χ1v) is 11.0. The number of anilines is 1. The minimum absolute atomic E-state index is 0.0306. The van der Waals surface area contributed by atoms with Crippen molar-refractivity contribution in [3.05, 3.63) is 76.1 Å². The molecule has 0 bridgehead atoms. The number of aryl methyl sites for hydroxylation is 2. The predicted octanol–water partition coefficient (Wildman–Crippen LogP) is 3.30. The molecule has 0 spiro atoms. The molecule has 3 heterocycles. The molecule has 1 amide bonds. The highest BCUT2D eigenvalue weighted by Crippen LogP contribution is 2.28. The van der Waals surface area contributed by atoms with Crippen molar-refractivity contribution in [2.45, 2.75) is 31.2 Å². The first-order valence-electron chi connectivity index (χ1n) is 10.0. The summed E-state index contributed by atoms with van der Waals surface area (Å²) in [4.78, 5) is 47.2. The monoisotopic (exact) mass is 451 g/mol. The fourth-order valence-electron chi connectivity index (χ4n) is 3.28. The molecule has 1 saturated heterocycles. The Kier molecular flexibility index (Phi) is 6.36. The van der Waals surface area contributed by atoms with Crippen LogP contribution in [0.5, 0.6) is 5.75 Å². The van der Waals surface area contributed by atoms with Gasteiger partial charge in [-0.2, -0.15) is 0 Å². The largest absolute Gasteiger partial charge is 0.464 e. The van der Waals surface area contributed by atoms with Crippen LogP contribution < -0.4 is 15.1 Å². The smallest absolute Gasteiger partial charge is 0.316 e. The number of esters is 1. The zero-order valence-corrected chi connectivity index (χ0v) is 18.4. The zero-order valence-electron chi connectivity index (χ0n) is 17.6. The highest BCUT2D eigenvalue weighted by Gasteiger charge is 2.36. The van der Waals surface area contributed by atoms with Crippen LogP contribution in [0.25, 0.3) is 0 Å². The molecule has 8 nitrogen and oxygen atoms in total. The number of nitrogens with zero attached hydrogens (tertiary/aromatic N) is 3. The zero-order chi connectivity index (χ0) is 22.7. The Balaban J connectivity index is 1.38. The number of ether oxygens (including phenoxy) is 1. The van der Waals surface area contributed by atoms with Crippen LogP contribution in [-0.2, 0) is 15.3 Å². The van der Waals surface area contributed by atoms with Gasteiger partial charge in [0.1, 0.15) is 12.0 Å². The van der Waals surface area contributed by atoms with E-state index >= 15 is 0 Å². The maximum atomic E-state index is 12.6. The number of thioether (sulfide) groups is 1. The summed E-state index contributed by atoms with van der Waals surface area (Å²) >= 11 is 1.32. The lowest BCUT2D eigenvalue weighted by molar-refractivity contribution is -0.139. The number of carbonyl (C=O) groups is 2. The van der Waals surface area contributed by atoms with Crippen molar-refractivity contribution in [1.82, 2.24) is 9.97 Å². The Morgan fingerprint density at radius 2 is 1.97 bits per heavy atom.